The summed E-state index contributed by atoms with van der Waals surface area (Å²) in [5, 5.41) is 3.20. The zero-order valence-corrected chi connectivity index (χ0v) is 10.1. The lowest BCUT2D eigenvalue weighted by atomic mass is 10.1. The minimum Gasteiger partial charge on any atom is -0.481 e. The lowest BCUT2D eigenvalue weighted by molar-refractivity contribution is 0.158. The van der Waals surface area contributed by atoms with Crippen molar-refractivity contribution in [3.8, 4) is 5.88 Å². The normalized spacial score (nSPS) is 11.2. The fourth-order valence-electron chi connectivity index (χ4n) is 1.36. The van der Waals surface area contributed by atoms with Crippen molar-refractivity contribution in [3.63, 3.8) is 0 Å². The van der Waals surface area contributed by atoms with Gasteiger partial charge in [-0.2, -0.15) is 9.97 Å². The highest BCUT2D eigenvalue weighted by Crippen LogP contribution is 2.18. The third-order valence-electron chi connectivity index (χ3n) is 1.90. The molecule has 1 rings (SSSR count). The molecular formula is C10H18N4O2. The molecule has 0 aliphatic rings. The number of rotatable bonds is 5. The van der Waals surface area contributed by atoms with Crippen LogP contribution in [-0.2, 0) is 4.74 Å². The number of nitrogen functional groups attached to an aromatic ring is 1. The summed E-state index contributed by atoms with van der Waals surface area (Å²) in [4.78, 5) is 7.97. The van der Waals surface area contributed by atoms with E-state index in [4.69, 9.17) is 15.2 Å². The van der Waals surface area contributed by atoms with Crippen LogP contribution in [0.2, 0.25) is 0 Å². The van der Waals surface area contributed by atoms with Crippen LogP contribution in [0.3, 0.4) is 0 Å². The van der Waals surface area contributed by atoms with Gasteiger partial charge in [0.05, 0.1) is 19.3 Å². The second kappa shape index (κ2) is 4.98. The first kappa shape index (κ1) is 12.5. The van der Waals surface area contributed by atoms with Crippen molar-refractivity contribution in [1.82, 2.24) is 9.97 Å². The van der Waals surface area contributed by atoms with Crippen LogP contribution in [0.5, 0.6) is 5.88 Å². The largest absolute Gasteiger partial charge is 0.481 e. The van der Waals surface area contributed by atoms with E-state index in [0.717, 1.165) is 0 Å². The van der Waals surface area contributed by atoms with Gasteiger partial charge in [0.25, 0.3) is 0 Å². The molecule has 0 radical (unpaired) electrons. The number of nitrogens with two attached hydrogens (primary N) is 1. The molecule has 0 spiro atoms. The first-order valence-corrected chi connectivity index (χ1v) is 4.92. The summed E-state index contributed by atoms with van der Waals surface area (Å²) in [6.07, 6.45) is 0. The lowest BCUT2D eigenvalue weighted by Gasteiger charge is -2.25. The Morgan fingerprint density at radius 2 is 2.06 bits per heavy atom. The Morgan fingerprint density at radius 1 is 1.38 bits per heavy atom. The molecule has 0 bridgehead atoms. The molecule has 1 heterocycles. The number of nitrogens with zero attached hydrogens (tertiary/aromatic N) is 2. The zero-order chi connectivity index (χ0) is 12.2. The number of hydrogen-bond donors (Lipinski definition) is 2. The SMILES string of the molecule is COCC(C)(C)Nc1cc(OC)nc(N)n1. The zero-order valence-electron chi connectivity index (χ0n) is 10.1. The van der Waals surface area contributed by atoms with E-state index in [1.807, 2.05) is 13.8 Å². The number of nitrogens with one attached hydrogen (secondary N) is 1. The summed E-state index contributed by atoms with van der Waals surface area (Å²) < 4.78 is 10.1. The molecule has 90 valence electrons. The summed E-state index contributed by atoms with van der Waals surface area (Å²) in [5.41, 5.74) is 5.32. The van der Waals surface area contributed by atoms with Crippen molar-refractivity contribution < 1.29 is 9.47 Å². The quantitative estimate of drug-likeness (QED) is 0.776. The van der Waals surface area contributed by atoms with Crippen molar-refractivity contribution in [2.24, 2.45) is 0 Å². The first-order valence-electron chi connectivity index (χ1n) is 4.92. The molecule has 6 heteroatoms. The standard InChI is InChI=1S/C10H18N4O2/c1-10(2,6-15-3)14-7-5-8(16-4)13-9(11)12-7/h5H,6H2,1-4H3,(H3,11,12,13,14). The van der Waals surface area contributed by atoms with Crippen LogP contribution in [0.15, 0.2) is 6.07 Å². The fourth-order valence-corrected chi connectivity index (χ4v) is 1.36. The summed E-state index contributed by atoms with van der Waals surface area (Å²) in [7, 11) is 3.18. The van der Waals surface area contributed by atoms with Gasteiger partial charge in [0.15, 0.2) is 0 Å². The Morgan fingerprint density at radius 3 is 2.62 bits per heavy atom. The molecule has 16 heavy (non-hydrogen) atoms. The van der Waals surface area contributed by atoms with Crippen LogP contribution in [0.25, 0.3) is 0 Å². The van der Waals surface area contributed by atoms with E-state index in [1.54, 1.807) is 13.2 Å². The van der Waals surface area contributed by atoms with Crippen molar-refractivity contribution in [3.05, 3.63) is 6.07 Å². The van der Waals surface area contributed by atoms with E-state index < -0.39 is 0 Å². The molecule has 1 aromatic rings. The van der Waals surface area contributed by atoms with E-state index in [1.165, 1.54) is 7.11 Å². The lowest BCUT2D eigenvalue weighted by Crippen LogP contribution is -2.36. The Labute approximate surface area is 95.2 Å². The van der Waals surface area contributed by atoms with Crippen molar-refractivity contribution >= 4 is 11.8 Å². The Balaban J connectivity index is 2.84. The van der Waals surface area contributed by atoms with Crippen LogP contribution in [-0.4, -0.2) is 36.3 Å². The maximum absolute atomic E-state index is 5.55. The second-order valence-corrected chi connectivity index (χ2v) is 4.10. The van der Waals surface area contributed by atoms with Gasteiger partial charge in [-0.25, -0.2) is 0 Å². The van der Waals surface area contributed by atoms with Crippen LogP contribution < -0.4 is 15.8 Å². The molecule has 0 aromatic carbocycles. The number of hydrogen-bond acceptors (Lipinski definition) is 6. The Bertz CT molecular complexity index is 355. The highest BCUT2D eigenvalue weighted by Gasteiger charge is 2.18. The average Bonchev–Trinajstić information content (AvgIpc) is 2.15. The fraction of sp³-hybridized carbons (Fsp3) is 0.600. The van der Waals surface area contributed by atoms with Gasteiger partial charge in [-0.3, -0.25) is 0 Å². The van der Waals surface area contributed by atoms with Crippen molar-refractivity contribution in [2.75, 3.05) is 31.9 Å². The molecular weight excluding hydrogens is 208 g/mol. The molecule has 0 saturated heterocycles. The molecule has 1 aromatic heterocycles. The molecule has 3 N–H and O–H groups in total. The Hall–Kier alpha value is -1.56. The highest BCUT2D eigenvalue weighted by atomic mass is 16.5. The number of methoxy groups -OCH3 is 2. The van der Waals surface area contributed by atoms with Crippen LogP contribution in [0.4, 0.5) is 11.8 Å². The van der Waals surface area contributed by atoms with E-state index in [-0.39, 0.29) is 11.5 Å². The van der Waals surface area contributed by atoms with Gasteiger partial charge >= 0.3 is 0 Å². The summed E-state index contributed by atoms with van der Waals surface area (Å²) in [5.74, 6) is 1.23. The molecule has 0 aliphatic heterocycles. The molecule has 0 unspecified atom stereocenters. The third kappa shape index (κ3) is 3.54. The highest BCUT2D eigenvalue weighted by molar-refractivity contribution is 5.44. The molecule has 0 amide bonds. The molecule has 0 aliphatic carbocycles. The molecule has 0 fully saturated rings. The van der Waals surface area contributed by atoms with Gasteiger partial charge in [-0.1, -0.05) is 0 Å². The predicted molar refractivity (Wildman–Crippen MR) is 62.6 cm³/mol. The van der Waals surface area contributed by atoms with E-state index in [9.17, 15) is 0 Å². The van der Waals surface area contributed by atoms with E-state index in [2.05, 4.69) is 15.3 Å². The van der Waals surface area contributed by atoms with Crippen molar-refractivity contribution in [2.45, 2.75) is 19.4 Å². The topological polar surface area (TPSA) is 82.3 Å². The van der Waals surface area contributed by atoms with Gasteiger partial charge in [0.2, 0.25) is 11.8 Å². The predicted octanol–water partition coefficient (Wildman–Crippen LogP) is 0.904. The molecule has 6 nitrogen and oxygen atoms in total. The van der Waals surface area contributed by atoms with Gasteiger partial charge in [-0.15, -0.1) is 0 Å². The van der Waals surface area contributed by atoms with Crippen LogP contribution in [0, 0.1) is 0 Å². The van der Waals surface area contributed by atoms with Crippen LogP contribution in [0.1, 0.15) is 13.8 Å². The Kier molecular flexibility index (Phi) is 3.89. The first-order chi connectivity index (χ1) is 7.46. The smallest absolute Gasteiger partial charge is 0.225 e. The van der Waals surface area contributed by atoms with Gasteiger partial charge in [-0.05, 0) is 13.8 Å². The average molecular weight is 226 g/mol. The minimum absolute atomic E-state index is 0.176. The van der Waals surface area contributed by atoms with Crippen LogP contribution >= 0.6 is 0 Å². The summed E-state index contributed by atoms with van der Waals surface area (Å²) in [6, 6.07) is 1.69. The molecule has 0 saturated carbocycles. The van der Waals surface area contributed by atoms with Gasteiger partial charge < -0.3 is 20.5 Å². The maximum atomic E-state index is 5.55. The summed E-state index contributed by atoms with van der Waals surface area (Å²) in [6.45, 7) is 4.56. The van der Waals surface area contributed by atoms with Gasteiger partial charge in [0.1, 0.15) is 5.82 Å². The maximum Gasteiger partial charge on any atom is 0.225 e. The second-order valence-electron chi connectivity index (χ2n) is 4.10. The molecule has 0 atom stereocenters. The number of anilines is 2. The number of aromatic nitrogens is 2. The minimum atomic E-state index is -0.236. The van der Waals surface area contributed by atoms with Crippen molar-refractivity contribution in [1.29, 1.82) is 0 Å². The summed E-state index contributed by atoms with van der Waals surface area (Å²) >= 11 is 0. The van der Waals surface area contributed by atoms with E-state index in [0.29, 0.717) is 18.3 Å². The monoisotopic (exact) mass is 226 g/mol. The number of ether oxygens (including phenoxy) is 2. The van der Waals surface area contributed by atoms with E-state index >= 15 is 0 Å². The third-order valence-corrected chi connectivity index (χ3v) is 1.90. The van der Waals surface area contributed by atoms with Gasteiger partial charge in [0, 0.05) is 13.2 Å².